The SMILES string of the molecule is Cc1ccc2c(c1)C[C@@]1(CN2C)C(=O)NC(=O)N([C@H](C)c2ccccc2)C1=O. The predicted octanol–water partition coefficient (Wildman–Crippen LogP) is 2.81. The highest BCUT2D eigenvalue weighted by atomic mass is 16.2. The number of carbonyl (C=O) groups excluding carboxylic acids is 3. The van der Waals surface area contributed by atoms with E-state index in [-0.39, 0.29) is 13.0 Å². The van der Waals surface area contributed by atoms with Crippen molar-refractivity contribution in [2.24, 2.45) is 5.41 Å². The molecule has 1 fully saturated rings. The number of benzene rings is 2. The first-order valence-electron chi connectivity index (χ1n) is 9.38. The zero-order chi connectivity index (χ0) is 20.1. The molecule has 2 aromatic carbocycles. The molecule has 0 bridgehead atoms. The predicted molar refractivity (Wildman–Crippen MR) is 106 cm³/mol. The summed E-state index contributed by atoms with van der Waals surface area (Å²) in [6, 6.07) is 14.3. The van der Waals surface area contributed by atoms with E-state index in [2.05, 4.69) is 5.32 Å². The molecule has 1 spiro atoms. The Bertz CT molecular complexity index is 972. The largest absolute Gasteiger partial charge is 0.373 e. The average molecular weight is 377 g/mol. The summed E-state index contributed by atoms with van der Waals surface area (Å²) in [6.07, 6.45) is 0.282. The van der Waals surface area contributed by atoms with E-state index in [9.17, 15) is 14.4 Å². The van der Waals surface area contributed by atoms with E-state index in [1.54, 1.807) is 6.92 Å². The van der Waals surface area contributed by atoms with Crippen molar-refractivity contribution in [2.45, 2.75) is 26.3 Å². The van der Waals surface area contributed by atoms with Gasteiger partial charge in [-0.3, -0.25) is 19.8 Å². The minimum absolute atomic E-state index is 0.235. The number of urea groups is 1. The second-order valence-electron chi connectivity index (χ2n) is 7.77. The second kappa shape index (κ2) is 6.48. The van der Waals surface area contributed by atoms with Gasteiger partial charge in [0.25, 0.3) is 0 Å². The van der Waals surface area contributed by atoms with E-state index >= 15 is 0 Å². The zero-order valence-electron chi connectivity index (χ0n) is 16.2. The molecule has 0 saturated carbocycles. The Morgan fingerprint density at radius 2 is 1.79 bits per heavy atom. The lowest BCUT2D eigenvalue weighted by Crippen LogP contribution is -2.68. The van der Waals surface area contributed by atoms with Crippen LogP contribution < -0.4 is 10.2 Å². The van der Waals surface area contributed by atoms with Crippen LogP contribution in [-0.2, 0) is 16.0 Å². The van der Waals surface area contributed by atoms with Crippen molar-refractivity contribution < 1.29 is 14.4 Å². The molecule has 2 aliphatic rings. The smallest absolute Gasteiger partial charge is 0.331 e. The molecule has 0 aromatic heterocycles. The monoisotopic (exact) mass is 377 g/mol. The van der Waals surface area contributed by atoms with Gasteiger partial charge in [0.05, 0.1) is 6.04 Å². The number of nitrogens with zero attached hydrogens (tertiary/aromatic N) is 2. The minimum Gasteiger partial charge on any atom is -0.373 e. The van der Waals surface area contributed by atoms with E-state index in [4.69, 9.17) is 0 Å². The normalized spacial score (nSPS) is 22.9. The number of aryl methyl sites for hydroxylation is 1. The van der Waals surface area contributed by atoms with E-state index in [0.29, 0.717) is 0 Å². The van der Waals surface area contributed by atoms with Gasteiger partial charge in [-0.2, -0.15) is 0 Å². The molecule has 1 saturated heterocycles. The second-order valence-corrected chi connectivity index (χ2v) is 7.77. The molecule has 0 unspecified atom stereocenters. The quantitative estimate of drug-likeness (QED) is 0.817. The fourth-order valence-electron chi connectivity index (χ4n) is 4.32. The van der Waals surface area contributed by atoms with Crippen LogP contribution in [0.4, 0.5) is 10.5 Å². The number of fused-ring (bicyclic) bond motifs is 1. The van der Waals surface area contributed by atoms with Gasteiger partial charge in [0.15, 0.2) is 0 Å². The van der Waals surface area contributed by atoms with Gasteiger partial charge in [-0.25, -0.2) is 4.79 Å². The summed E-state index contributed by atoms with van der Waals surface area (Å²) in [6.45, 7) is 4.03. The first-order chi connectivity index (χ1) is 13.3. The summed E-state index contributed by atoms with van der Waals surface area (Å²) >= 11 is 0. The number of carbonyl (C=O) groups is 3. The van der Waals surface area contributed by atoms with Gasteiger partial charge in [0.1, 0.15) is 5.41 Å². The van der Waals surface area contributed by atoms with Gasteiger partial charge in [-0.15, -0.1) is 0 Å². The molecule has 0 aliphatic carbocycles. The third kappa shape index (κ3) is 2.68. The van der Waals surface area contributed by atoms with E-state index in [0.717, 1.165) is 22.4 Å². The minimum atomic E-state index is -1.31. The molecule has 2 heterocycles. The highest BCUT2D eigenvalue weighted by molar-refractivity contribution is 6.20. The number of hydrogen-bond donors (Lipinski definition) is 1. The van der Waals surface area contributed by atoms with Crippen LogP contribution in [0.3, 0.4) is 0 Å². The maximum atomic E-state index is 13.6. The highest BCUT2D eigenvalue weighted by Crippen LogP contribution is 2.41. The Morgan fingerprint density at radius 1 is 1.07 bits per heavy atom. The van der Waals surface area contributed by atoms with Crippen LogP contribution in [0.1, 0.15) is 29.7 Å². The summed E-state index contributed by atoms with van der Waals surface area (Å²) in [7, 11) is 1.87. The molecule has 4 amide bonds. The van der Waals surface area contributed by atoms with Crippen molar-refractivity contribution in [3.63, 3.8) is 0 Å². The molecular weight excluding hydrogens is 354 g/mol. The number of nitrogens with one attached hydrogen (secondary N) is 1. The average Bonchev–Trinajstić information content (AvgIpc) is 2.67. The Morgan fingerprint density at radius 3 is 2.50 bits per heavy atom. The molecule has 28 heavy (non-hydrogen) atoms. The molecule has 2 atom stereocenters. The molecule has 2 aromatic rings. The first kappa shape index (κ1) is 18.2. The lowest BCUT2D eigenvalue weighted by molar-refractivity contribution is -0.152. The van der Waals surface area contributed by atoms with E-state index in [1.165, 1.54) is 4.90 Å². The van der Waals surface area contributed by atoms with Crippen LogP contribution in [0, 0.1) is 12.3 Å². The van der Waals surface area contributed by atoms with Gasteiger partial charge in [0, 0.05) is 19.3 Å². The molecule has 2 aliphatic heterocycles. The van der Waals surface area contributed by atoms with Crippen molar-refractivity contribution in [1.82, 2.24) is 10.2 Å². The van der Waals surface area contributed by atoms with Crippen molar-refractivity contribution in [3.05, 3.63) is 65.2 Å². The van der Waals surface area contributed by atoms with Gasteiger partial charge in [-0.1, -0.05) is 48.0 Å². The number of hydrogen-bond acceptors (Lipinski definition) is 4. The van der Waals surface area contributed by atoms with Crippen molar-refractivity contribution in [2.75, 3.05) is 18.5 Å². The van der Waals surface area contributed by atoms with Crippen LogP contribution in [0.15, 0.2) is 48.5 Å². The Kier molecular flexibility index (Phi) is 4.22. The summed E-state index contributed by atoms with van der Waals surface area (Å²) in [5.41, 5.74) is 2.55. The highest BCUT2D eigenvalue weighted by Gasteiger charge is 2.57. The van der Waals surface area contributed by atoms with Crippen LogP contribution in [0.2, 0.25) is 0 Å². The first-order valence-corrected chi connectivity index (χ1v) is 9.38. The molecular formula is C22H23N3O3. The summed E-state index contributed by atoms with van der Waals surface area (Å²) in [5, 5.41) is 2.44. The third-order valence-corrected chi connectivity index (χ3v) is 5.82. The van der Waals surface area contributed by atoms with Crippen molar-refractivity contribution in [3.8, 4) is 0 Å². The molecule has 144 valence electrons. The van der Waals surface area contributed by atoms with E-state index < -0.39 is 29.3 Å². The Hall–Kier alpha value is -3.15. The Labute approximate surface area is 164 Å². The lowest BCUT2D eigenvalue weighted by Gasteiger charge is -2.46. The molecule has 6 nitrogen and oxygen atoms in total. The molecule has 6 heteroatoms. The van der Waals surface area contributed by atoms with Crippen LogP contribution in [0.5, 0.6) is 0 Å². The van der Waals surface area contributed by atoms with Crippen LogP contribution in [-0.4, -0.2) is 36.3 Å². The fraction of sp³-hybridized carbons (Fsp3) is 0.318. The Balaban J connectivity index is 1.76. The fourth-order valence-corrected chi connectivity index (χ4v) is 4.32. The summed E-state index contributed by atoms with van der Waals surface area (Å²) in [5.74, 6) is -0.949. The summed E-state index contributed by atoms with van der Waals surface area (Å²) in [4.78, 5) is 42.3. The summed E-state index contributed by atoms with van der Waals surface area (Å²) < 4.78 is 0. The van der Waals surface area contributed by atoms with Gasteiger partial charge in [0.2, 0.25) is 11.8 Å². The third-order valence-electron chi connectivity index (χ3n) is 5.82. The molecule has 0 radical (unpaired) electrons. The van der Waals surface area contributed by atoms with Gasteiger partial charge < -0.3 is 4.90 Å². The topological polar surface area (TPSA) is 69.7 Å². The maximum Gasteiger partial charge on any atom is 0.331 e. The number of rotatable bonds is 2. The molecule has 4 rings (SSSR count). The molecule has 1 N–H and O–H groups in total. The van der Waals surface area contributed by atoms with Crippen LogP contribution >= 0.6 is 0 Å². The van der Waals surface area contributed by atoms with E-state index in [1.807, 2.05) is 67.4 Å². The zero-order valence-corrected chi connectivity index (χ0v) is 16.2. The maximum absolute atomic E-state index is 13.6. The van der Waals surface area contributed by atoms with Crippen molar-refractivity contribution in [1.29, 1.82) is 0 Å². The number of barbiturate groups is 1. The standard InChI is InChI=1S/C22H23N3O3/c1-14-9-10-18-17(11-14)12-22(13-24(18)3)19(26)23-21(28)25(20(22)27)15(2)16-7-5-4-6-8-16/h4-11,15H,12-13H2,1-3H3,(H,23,26,28)/t15-,22-/m1/s1. The van der Waals surface area contributed by atoms with Gasteiger partial charge >= 0.3 is 6.03 Å². The lowest BCUT2D eigenvalue weighted by atomic mass is 9.74. The number of imide groups is 2. The van der Waals surface area contributed by atoms with Gasteiger partial charge in [-0.05, 0) is 37.5 Å². The van der Waals surface area contributed by atoms with Crippen molar-refractivity contribution >= 4 is 23.5 Å². The van der Waals surface area contributed by atoms with Crippen LogP contribution in [0.25, 0.3) is 0 Å². The number of amides is 4. The number of anilines is 1.